The van der Waals surface area contributed by atoms with Gasteiger partial charge >= 0.3 is 0 Å². The van der Waals surface area contributed by atoms with Crippen LogP contribution in [-0.2, 0) is 10.8 Å². The quantitative estimate of drug-likeness (QED) is 0.856. The molecule has 0 spiro atoms. The van der Waals surface area contributed by atoms with Crippen molar-refractivity contribution >= 4 is 10.8 Å². The fraction of sp³-hybridized carbons (Fsp3) is 0.538. The van der Waals surface area contributed by atoms with Gasteiger partial charge in [0, 0.05) is 16.7 Å². The highest BCUT2D eigenvalue weighted by Gasteiger charge is 2.21. The van der Waals surface area contributed by atoms with Gasteiger partial charge < -0.3 is 5.32 Å². The highest BCUT2D eigenvalue weighted by Crippen LogP contribution is 2.29. The lowest BCUT2D eigenvalue weighted by atomic mass is 10.0. The Morgan fingerprint density at radius 2 is 2.31 bits per heavy atom. The van der Waals surface area contributed by atoms with Crippen LogP contribution < -0.4 is 5.32 Å². The number of rotatable bonds is 2. The van der Waals surface area contributed by atoms with E-state index in [0.29, 0.717) is 6.04 Å². The molecule has 1 heterocycles. The van der Waals surface area contributed by atoms with Crippen LogP contribution in [0.1, 0.15) is 36.9 Å². The molecule has 3 heteroatoms. The third-order valence-electron chi connectivity index (χ3n) is 3.06. The van der Waals surface area contributed by atoms with Crippen LogP contribution in [0.3, 0.4) is 0 Å². The molecule has 1 aromatic rings. The lowest BCUT2D eigenvalue weighted by molar-refractivity contribution is 0.508. The predicted molar refractivity (Wildman–Crippen MR) is 68.1 cm³/mol. The van der Waals surface area contributed by atoms with E-state index in [1.165, 1.54) is 11.1 Å². The summed E-state index contributed by atoms with van der Waals surface area (Å²) in [5, 5.41) is 3.49. The van der Waals surface area contributed by atoms with Crippen molar-refractivity contribution in [3.63, 3.8) is 0 Å². The monoisotopic (exact) mass is 237 g/mol. The lowest BCUT2D eigenvalue weighted by Gasteiger charge is -2.18. The summed E-state index contributed by atoms with van der Waals surface area (Å²) in [6.45, 7) is 5.18. The Morgan fingerprint density at radius 3 is 3.06 bits per heavy atom. The van der Waals surface area contributed by atoms with Crippen LogP contribution in [0.2, 0.25) is 0 Å². The summed E-state index contributed by atoms with van der Waals surface area (Å²) >= 11 is 0. The van der Waals surface area contributed by atoms with Crippen molar-refractivity contribution in [2.24, 2.45) is 0 Å². The first-order valence-corrected chi connectivity index (χ1v) is 7.26. The Balaban J connectivity index is 2.44. The maximum absolute atomic E-state index is 12.0. The van der Waals surface area contributed by atoms with E-state index in [1.54, 1.807) is 0 Å². The van der Waals surface area contributed by atoms with Gasteiger partial charge in [-0.2, -0.15) is 0 Å². The molecule has 0 radical (unpaired) electrons. The topological polar surface area (TPSA) is 29.1 Å². The third kappa shape index (κ3) is 2.36. The minimum absolute atomic E-state index is 0.381. The molecule has 16 heavy (non-hydrogen) atoms. The van der Waals surface area contributed by atoms with Gasteiger partial charge in [-0.1, -0.05) is 24.6 Å². The molecule has 0 bridgehead atoms. The molecule has 2 atom stereocenters. The van der Waals surface area contributed by atoms with Crippen LogP contribution in [0, 0.1) is 6.92 Å². The third-order valence-corrected chi connectivity index (χ3v) is 4.58. The number of aryl methyl sites for hydroxylation is 1. The van der Waals surface area contributed by atoms with Crippen LogP contribution in [0.4, 0.5) is 0 Å². The molecular formula is C13H19NOS. The van der Waals surface area contributed by atoms with Crippen LogP contribution in [0.5, 0.6) is 0 Å². The second-order valence-corrected chi connectivity index (χ2v) is 5.88. The predicted octanol–water partition coefficient (Wildman–Crippen LogP) is 2.55. The molecule has 1 N–H and O–H groups in total. The van der Waals surface area contributed by atoms with Crippen molar-refractivity contribution in [1.82, 2.24) is 5.32 Å². The highest BCUT2D eigenvalue weighted by molar-refractivity contribution is 7.85. The normalized spacial score (nSPS) is 24.9. The van der Waals surface area contributed by atoms with E-state index in [9.17, 15) is 4.21 Å². The summed E-state index contributed by atoms with van der Waals surface area (Å²) < 4.78 is 12.0. The van der Waals surface area contributed by atoms with Gasteiger partial charge in [0.25, 0.3) is 0 Å². The maximum atomic E-state index is 12.0. The smallest absolute Gasteiger partial charge is 0.0532 e. The van der Waals surface area contributed by atoms with Gasteiger partial charge in [0.15, 0.2) is 0 Å². The van der Waals surface area contributed by atoms with E-state index >= 15 is 0 Å². The molecule has 0 saturated heterocycles. The maximum Gasteiger partial charge on any atom is 0.0532 e. The van der Waals surface area contributed by atoms with Gasteiger partial charge in [0.05, 0.1) is 10.8 Å². The molecule has 2 unspecified atom stereocenters. The highest BCUT2D eigenvalue weighted by atomic mass is 32.2. The molecule has 88 valence electrons. The molecule has 0 fully saturated rings. The summed E-state index contributed by atoms with van der Waals surface area (Å²) in [6.07, 6.45) is 2.13. The van der Waals surface area contributed by atoms with Crippen LogP contribution in [0.15, 0.2) is 23.1 Å². The van der Waals surface area contributed by atoms with Crippen LogP contribution in [-0.4, -0.2) is 16.5 Å². The molecule has 0 amide bonds. The summed E-state index contributed by atoms with van der Waals surface area (Å²) in [5.74, 6) is 0.804. The lowest BCUT2D eigenvalue weighted by Crippen LogP contribution is -2.21. The van der Waals surface area contributed by atoms with E-state index < -0.39 is 10.8 Å². The first-order chi connectivity index (χ1) is 7.72. The van der Waals surface area contributed by atoms with Gasteiger partial charge in [-0.25, -0.2) is 0 Å². The Labute approximate surface area is 99.9 Å². The Hall–Kier alpha value is -0.670. The Morgan fingerprint density at radius 1 is 1.50 bits per heavy atom. The number of hydrogen-bond acceptors (Lipinski definition) is 2. The molecule has 1 aliphatic heterocycles. The SMILES string of the molecule is CCNC1CCCS(=O)c2ccc(C)cc21. The summed E-state index contributed by atoms with van der Waals surface area (Å²) in [7, 11) is -0.805. The molecule has 0 aliphatic carbocycles. The fourth-order valence-electron chi connectivity index (χ4n) is 2.29. The van der Waals surface area contributed by atoms with Gasteiger partial charge in [-0.05, 0) is 37.9 Å². The van der Waals surface area contributed by atoms with Crippen molar-refractivity contribution in [3.05, 3.63) is 29.3 Å². The molecule has 1 aromatic carbocycles. The van der Waals surface area contributed by atoms with Crippen molar-refractivity contribution < 1.29 is 4.21 Å². The van der Waals surface area contributed by atoms with E-state index in [2.05, 4.69) is 31.3 Å². The number of benzene rings is 1. The average molecular weight is 237 g/mol. The minimum Gasteiger partial charge on any atom is -0.310 e. The standard InChI is InChI=1S/C13H19NOS/c1-3-14-12-5-4-8-16(15)13-7-6-10(2)9-11(12)13/h6-7,9,12,14H,3-5,8H2,1-2H3. The Kier molecular flexibility index (Phi) is 3.77. The first kappa shape index (κ1) is 11.8. The zero-order chi connectivity index (χ0) is 11.5. The van der Waals surface area contributed by atoms with Gasteiger partial charge in [-0.3, -0.25) is 4.21 Å². The van der Waals surface area contributed by atoms with Gasteiger partial charge in [0.1, 0.15) is 0 Å². The molecular weight excluding hydrogens is 218 g/mol. The van der Waals surface area contributed by atoms with Crippen molar-refractivity contribution in [2.75, 3.05) is 12.3 Å². The van der Waals surface area contributed by atoms with Crippen molar-refractivity contribution in [1.29, 1.82) is 0 Å². The second-order valence-electron chi connectivity index (χ2n) is 4.34. The van der Waals surface area contributed by atoms with Crippen molar-refractivity contribution in [2.45, 2.75) is 37.6 Å². The van der Waals surface area contributed by atoms with Crippen LogP contribution >= 0.6 is 0 Å². The number of fused-ring (bicyclic) bond motifs is 1. The zero-order valence-corrected chi connectivity index (χ0v) is 10.8. The van der Waals surface area contributed by atoms with E-state index in [1.807, 2.05) is 6.07 Å². The summed E-state index contributed by atoms with van der Waals surface area (Å²) in [6, 6.07) is 6.67. The summed E-state index contributed by atoms with van der Waals surface area (Å²) in [4.78, 5) is 1.04. The minimum atomic E-state index is -0.805. The second kappa shape index (κ2) is 5.11. The number of hydrogen-bond donors (Lipinski definition) is 1. The Bertz CT molecular complexity index is 403. The van der Waals surface area contributed by atoms with E-state index in [4.69, 9.17) is 0 Å². The fourth-order valence-corrected chi connectivity index (χ4v) is 3.62. The van der Waals surface area contributed by atoms with E-state index in [0.717, 1.165) is 30.0 Å². The molecule has 1 aliphatic rings. The first-order valence-electron chi connectivity index (χ1n) is 5.94. The molecule has 2 rings (SSSR count). The summed E-state index contributed by atoms with van der Waals surface area (Å²) in [5.41, 5.74) is 2.50. The molecule has 0 aromatic heterocycles. The van der Waals surface area contributed by atoms with Gasteiger partial charge in [0.2, 0.25) is 0 Å². The average Bonchev–Trinajstić information content (AvgIpc) is 2.40. The van der Waals surface area contributed by atoms with E-state index in [-0.39, 0.29) is 0 Å². The number of nitrogens with one attached hydrogen (secondary N) is 1. The molecule has 2 nitrogen and oxygen atoms in total. The van der Waals surface area contributed by atoms with Gasteiger partial charge in [-0.15, -0.1) is 0 Å². The van der Waals surface area contributed by atoms with Crippen LogP contribution in [0.25, 0.3) is 0 Å². The largest absolute Gasteiger partial charge is 0.310 e. The van der Waals surface area contributed by atoms with Crippen molar-refractivity contribution in [3.8, 4) is 0 Å². The zero-order valence-electron chi connectivity index (χ0n) is 9.95. The molecule has 0 saturated carbocycles.